The van der Waals surface area contributed by atoms with Crippen molar-refractivity contribution >= 4 is 27.3 Å². The minimum atomic E-state index is -3.79. The second-order valence-electron chi connectivity index (χ2n) is 7.29. The van der Waals surface area contributed by atoms with Gasteiger partial charge in [-0.3, -0.25) is 13.9 Å². The van der Waals surface area contributed by atoms with Crippen molar-refractivity contribution in [1.29, 1.82) is 0 Å². The van der Waals surface area contributed by atoms with Crippen LogP contribution in [0.5, 0.6) is 0 Å². The number of benzene rings is 3. The highest BCUT2D eigenvalue weighted by atomic mass is 32.2. The first-order valence-corrected chi connectivity index (χ1v) is 12.0. The number of amides is 1. The Morgan fingerprint density at radius 3 is 2.15 bits per heavy atom. The number of nitrogens with one attached hydrogen (secondary N) is 1. The van der Waals surface area contributed by atoms with Crippen molar-refractivity contribution in [3.63, 3.8) is 0 Å². The normalized spacial score (nSPS) is 11.1. The molecule has 1 aromatic heterocycles. The number of aromatic nitrogens is 2. The predicted octanol–water partition coefficient (Wildman–Crippen LogP) is 3.70. The number of carbonyl (C=O) groups is 1. The molecular formula is C25H22N4O4S. The van der Waals surface area contributed by atoms with Crippen LogP contribution in [0.15, 0.2) is 107 Å². The van der Waals surface area contributed by atoms with Crippen molar-refractivity contribution in [3.05, 3.63) is 113 Å². The maximum absolute atomic E-state index is 13.1. The van der Waals surface area contributed by atoms with E-state index in [1.54, 1.807) is 43.3 Å². The molecule has 0 saturated carbocycles. The number of anilines is 2. The molecule has 172 valence electrons. The molecule has 1 amide bonds. The molecule has 4 aromatic rings. The fourth-order valence-corrected chi connectivity index (χ4v) is 4.88. The van der Waals surface area contributed by atoms with Crippen LogP contribution in [-0.2, 0) is 10.0 Å². The quantitative estimate of drug-likeness (QED) is 0.440. The van der Waals surface area contributed by atoms with E-state index in [-0.39, 0.29) is 17.1 Å². The lowest BCUT2D eigenvalue weighted by Gasteiger charge is -2.23. The van der Waals surface area contributed by atoms with Gasteiger partial charge in [-0.15, -0.1) is 0 Å². The summed E-state index contributed by atoms with van der Waals surface area (Å²) < 4.78 is 29.0. The fraction of sp³-hybridized carbons (Fsp3) is 0.0800. The van der Waals surface area contributed by atoms with Crippen molar-refractivity contribution in [2.45, 2.75) is 11.8 Å². The summed E-state index contributed by atoms with van der Waals surface area (Å²) in [7, 11) is -3.79. The van der Waals surface area contributed by atoms with Crippen LogP contribution in [0.1, 0.15) is 17.4 Å². The Hall–Kier alpha value is -4.24. The number of sulfonamides is 1. The Labute approximate surface area is 197 Å². The van der Waals surface area contributed by atoms with Crippen LogP contribution >= 0.6 is 0 Å². The van der Waals surface area contributed by atoms with E-state index in [2.05, 4.69) is 10.4 Å². The summed E-state index contributed by atoms with van der Waals surface area (Å²) in [5.41, 5.74) is 0.801. The van der Waals surface area contributed by atoms with Crippen molar-refractivity contribution in [2.24, 2.45) is 0 Å². The second-order valence-corrected chi connectivity index (χ2v) is 9.15. The molecule has 9 heteroatoms. The van der Waals surface area contributed by atoms with Gasteiger partial charge in [0.05, 0.1) is 16.3 Å². The van der Waals surface area contributed by atoms with Gasteiger partial charge in [-0.05, 0) is 55.5 Å². The zero-order valence-electron chi connectivity index (χ0n) is 18.3. The van der Waals surface area contributed by atoms with E-state index >= 15 is 0 Å². The molecule has 0 aliphatic rings. The van der Waals surface area contributed by atoms with Crippen LogP contribution in [0.3, 0.4) is 0 Å². The third-order valence-corrected chi connectivity index (χ3v) is 6.99. The zero-order chi connectivity index (χ0) is 24.1. The average molecular weight is 475 g/mol. The van der Waals surface area contributed by atoms with Gasteiger partial charge in [-0.1, -0.05) is 36.4 Å². The summed E-state index contributed by atoms with van der Waals surface area (Å²) in [4.78, 5) is 25.1. The Kier molecular flexibility index (Phi) is 6.55. The molecule has 4 rings (SSSR count). The molecule has 0 atom stereocenters. The minimum Gasteiger partial charge on any atom is -0.320 e. The van der Waals surface area contributed by atoms with Gasteiger partial charge in [-0.25, -0.2) is 13.1 Å². The number of hydrogen-bond donors (Lipinski definition) is 1. The third-order valence-electron chi connectivity index (χ3n) is 5.08. The monoisotopic (exact) mass is 474 g/mol. The van der Waals surface area contributed by atoms with Crippen molar-refractivity contribution in [1.82, 2.24) is 9.78 Å². The predicted molar refractivity (Wildman–Crippen MR) is 131 cm³/mol. The number of rotatable bonds is 7. The molecule has 8 nitrogen and oxygen atoms in total. The van der Waals surface area contributed by atoms with Crippen LogP contribution in [0.25, 0.3) is 5.69 Å². The maximum Gasteiger partial charge on any atom is 0.280 e. The molecule has 1 N–H and O–H groups in total. The molecule has 3 aromatic carbocycles. The Morgan fingerprint density at radius 2 is 1.53 bits per heavy atom. The summed E-state index contributed by atoms with van der Waals surface area (Å²) in [6, 6.07) is 25.0. The van der Waals surface area contributed by atoms with E-state index in [9.17, 15) is 18.0 Å². The van der Waals surface area contributed by atoms with Crippen molar-refractivity contribution in [3.8, 4) is 5.69 Å². The first-order valence-electron chi connectivity index (χ1n) is 10.5. The van der Waals surface area contributed by atoms with Gasteiger partial charge in [0.2, 0.25) is 5.43 Å². The molecule has 0 aliphatic carbocycles. The molecule has 0 fully saturated rings. The SMILES string of the molecule is CCN(c1ccccc1)S(=O)(=O)c1ccc(NC(=O)c2nn(-c3ccccc3)ccc2=O)cc1. The van der Waals surface area contributed by atoms with E-state index in [0.717, 1.165) is 0 Å². The Morgan fingerprint density at radius 1 is 0.912 bits per heavy atom. The highest BCUT2D eigenvalue weighted by molar-refractivity contribution is 7.92. The van der Waals surface area contributed by atoms with E-state index < -0.39 is 21.4 Å². The molecule has 0 unspecified atom stereocenters. The first-order chi connectivity index (χ1) is 16.4. The highest BCUT2D eigenvalue weighted by Crippen LogP contribution is 2.24. The Bertz CT molecular complexity index is 1450. The van der Waals surface area contributed by atoms with Gasteiger partial charge < -0.3 is 5.32 Å². The minimum absolute atomic E-state index is 0.0838. The summed E-state index contributed by atoms with van der Waals surface area (Å²) >= 11 is 0. The molecule has 0 saturated heterocycles. The molecule has 0 aliphatic heterocycles. The third kappa shape index (κ3) is 4.74. The second kappa shape index (κ2) is 9.72. The van der Waals surface area contributed by atoms with Crippen LogP contribution in [-0.4, -0.2) is 30.7 Å². The molecular weight excluding hydrogens is 452 g/mol. The smallest absolute Gasteiger partial charge is 0.280 e. The Balaban J connectivity index is 1.55. The van der Waals surface area contributed by atoms with E-state index in [0.29, 0.717) is 17.1 Å². The standard InChI is InChI=1S/C25H22N4O4S/c1-2-29(21-11-7-4-8-12-21)34(32,33)22-15-13-19(14-16-22)26-25(31)24-23(30)17-18-28(27-24)20-9-5-3-6-10-20/h3-18H,2H2,1H3,(H,26,31). The number of hydrogen-bond acceptors (Lipinski definition) is 5. The number of nitrogens with zero attached hydrogens (tertiary/aromatic N) is 3. The average Bonchev–Trinajstić information content (AvgIpc) is 2.86. The molecule has 0 spiro atoms. The maximum atomic E-state index is 13.1. The van der Waals surface area contributed by atoms with Gasteiger partial charge in [0.15, 0.2) is 5.69 Å². The van der Waals surface area contributed by atoms with Crippen LogP contribution < -0.4 is 15.1 Å². The van der Waals surface area contributed by atoms with Gasteiger partial charge in [-0.2, -0.15) is 5.10 Å². The van der Waals surface area contributed by atoms with Gasteiger partial charge >= 0.3 is 0 Å². The zero-order valence-corrected chi connectivity index (χ0v) is 19.1. The van der Waals surface area contributed by atoms with E-state index in [1.807, 2.05) is 24.3 Å². The lowest BCUT2D eigenvalue weighted by molar-refractivity contribution is 0.101. The lowest BCUT2D eigenvalue weighted by atomic mass is 10.3. The van der Waals surface area contributed by atoms with Crippen molar-refractivity contribution < 1.29 is 13.2 Å². The number of para-hydroxylation sites is 2. The summed E-state index contributed by atoms with van der Waals surface area (Å²) in [5.74, 6) is -0.689. The first kappa shape index (κ1) is 22.9. The molecule has 1 heterocycles. The summed E-state index contributed by atoms with van der Waals surface area (Å²) in [6.45, 7) is 2.02. The summed E-state index contributed by atoms with van der Waals surface area (Å²) in [5, 5.41) is 6.76. The van der Waals surface area contributed by atoms with Crippen LogP contribution in [0.4, 0.5) is 11.4 Å². The molecule has 0 radical (unpaired) electrons. The van der Waals surface area contributed by atoms with Gasteiger partial charge in [0.1, 0.15) is 0 Å². The summed E-state index contributed by atoms with van der Waals surface area (Å²) in [6.07, 6.45) is 1.49. The van der Waals surface area contributed by atoms with E-state index in [1.165, 1.54) is 45.5 Å². The molecule has 0 bridgehead atoms. The largest absolute Gasteiger partial charge is 0.320 e. The van der Waals surface area contributed by atoms with E-state index in [4.69, 9.17) is 0 Å². The topological polar surface area (TPSA) is 101 Å². The van der Waals surface area contributed by atoms with Gasteiger partial charge in [0, 0.05) is 24.5 Å². The highest BCUT2D eigenvalue weighted by Gasteiger charge is 2.23. The molecule has 34 heavy (non-hydrogen) atoms. The number of carbonyl (C=O) groups excluding carboxylic acids is 1. The van der Waals surface area contributed by atoms with Crippen LogP contribution in [0, 0.1) is 0 Å². The fourth-order valence-electron chi connectivity index (χ4n) is 3.40. The van der Waals surface area contributed by atoms with Gasteiger partial charge in [0.25, 0.3) is 15.9 Å². The van der Waals surface area contributed by atoms with Crippen molar-refractivity contribution in [2.75, 3.05) is 16.2 Å². The lowest BCUT2D eigenvalue weighted by Crippen LogP contribution is -2.30. The van der Waals surface area contributed by atoms with Crippen LogP contribution in [0.2, 0.25) is 0 Å².